The Morgan fingerprint density at radius 1 is 1.55 bits per heavy atom. The molecule has 11 heavy (non-hydrogen) atoms. The van der Waals surface area contributed by atoms with Gasteiger partial charge >= 0.3 is 0 Å². The molecular weight excluding hydrogens is 138 g/mol. The third kappa shape index (κ3) is 1.44. The number of hydrogen-bond donors (Lipinski definition) is 2. The SMILES string of the molecule is OC1(C#Cc2ccc[nH]2)CC1. The lowest BCUT2D eigenvalue weighted by molar-refractivity contribution is 0.212. The lowest BCUT2D eigenvalue weighted by atomic mass is 10.3. The van der Waals surface area contributed by atoms with Crippen molar-refractivity contribution in [2.24, 2.45) is 0 Å². The normalized spacial score (nSPS) is 18.6. The highest BCUT2D eigenvalue weighted by Crippen LogP contribution is 2.33. The van der Waals surface area contributed by atoms with E-state index in [1.165, 1.54) is 0 Å². The van der Waals surface area contributed by atoms with Crippen molar-refractivity contribution in [3.8, 4) is 11.8 Å². The summed E-state index contributed by atoms with van der Waals surface area (Å²) < 4.78 is 0. The monoisotopic (exact) mass is 147 g/mol. The molecule has 1 aromatic heterocycles. The quantitative estimate of drug-likeness (QED) is 0.525. The Bertz CT molecular complexity index is 298. The zero-order valence-electron chi connectivity index (χ0n) is 6.09. The van der Waals surface area contributed by atoms with Gasteiger partial charge in [-0.3, -0.25) is 0 Å². The standard InChI is InChI=1S/C9H9NO/c11-9(5-6-9)4-3-8-2-1-7-10-8/h1-2,7,10-11H,5-6H2. The third-order valence-electron chi connectivity index (χ3n) is 1.75. The van der Waals surface area contributed by atoms with Crippen molar-refractivity contribution in [3.05, 3.63) is 24.0 Å². The second-order valence-electron chi connectivity index (χ2n) is 2.87. The number of nitrogens with one attached hydrogen (secondary N) is 1. The van der Waals surface area contributed by atoms with E-state index in [9.17, 15) is 5.11 Å². The van der Waals surface area contributed by atoms with Crippen LogP contribution >= 0.6 is 0 Å². The molecule has 0 bridgehead atoms. The minimum absolute atomic E-state index is 0.662. The number of hydrogen-bond acceptors (Lipinski definition) is 1. The predicted molar refractivity (Wildman–Crippen MR) is 41.9 cm³/mol. The van der Waals surface area contributed by atoms with E-state index in [1.54, 1.807) is 0 Å². The van der Waals surface area contributed by atoms with Crippen molar-refractivity contribution in [1.29, 1.82) is 0 Å². The lowest BCUT2D eigenvalue weighted by Crippen LogP contribution is -2.00. The van der Waals surface area contributed by atoms with Gasteiger partial charge in [0, 0.05) is 6.20 Å². The van der Waals surface area contributed by atoms with Crippen LogP contribution in [0.1, 0.15) is 18.5 Å². The molecule has 0 atom stereocenters. The summed E-state index contributed by atoms with van der Waals surface area (Å²) in [5, 5.41) is 9.34. The van der Waals surface area contributed by atoms with E-state index in [0.29, 0.717) is 0 Å². The van der Waals surface area contributed by atoms with Crippen LogP contribution in [-0.4, -0.2) is 15.7 Å². The zero-order chi connectivity index (χ0) is 7.73. The Kier molecular flexibility index (Phi) is 1.27. The van der Waals surface area contributed by atoms with Gasteiger partial charge in [0.15, 0.2) is 0 Å². The van der Waals surface area contributed by atoms with Gasteiger partial charge < -0.3 is 10.1 Å². The molecule has 0 unspecified atom stereocenters. The lowest BCUT2D eigenvalue weighted by Gasteiger charge is -1.90. The predicted octanol–water partition coefficient (Wildman–Crippen LogP) is 0.891. The number of aromatic nitrogens is 1. The van der Waals surface area contributed by atoms with Crippen LogP contribution in [0.4, 0.5) is 0 Å². The Balaban J connectivity index is 2.14. The first-order chi connectivity index (χ1) is 5.29. The minimum atomic E-state index is -0.662. The molecule has 1 aromatic rings. The van der Waals surface area contributed by atoms with Gasteiger partial charge in [-0.2, -0.15) is 0 Å². The first-order valence-electron chi connectivity index (χ1n) is 3.67. The van der Waals surface area contributed by atoms with Crippen molar-refractivity contribution in [2.75, 3.05) is 0 Å². The van der Waals surface area contributed by atoms with Gasteiger partial charge in [-0.15, -0.1) is 0 Å². The van der Waals surface area contributed by atoms with Crippen LogP contribution < -0.4 is 0 Å². The average Bonchev–Trinajstić information content (AvgIpc) is 2.53. The van der Waals surface area contributed by atoms with Gasteiger partial charge in [0.25, 0.3) is 0 Å². The van der Waals surface area contributed by atoms with Crippen LogP contribution in [0.5, 0.6) is 0 Å². The molecule has 0 amide bonds. The summed E-state index contributed by atoms with van der Waals surface area (Å²) in [7, 11) is 0. The summed E-state index contributed by atoms with van der Waals surface area (Å²) in [6, 6.07) is 3.78. The van der Waals surface area contributed by atoms with Crippen molar-refractivity contribution in [3.63, 3.8) is 0 Å². The number of aliphatic hydroxyl groups is 1. The third-order valence-corrected chi connectivity index (χ3v) is 1.75. The largest absolute Gasteiger partial charge is 0.378 e. The van der Waals surface area contributed by atoms with Crippen LogP contribution in [0.2, 0.25) is 0 Å². The highest BCUT2D eigenvalue weighted by Gasteiger charge is 2.38. The Hall–Kier alpha value is -1.20. The summed E-state index contributed by atoms with van der Waals surface area (Å²) in [5.41, 5.74) is 0.204. The fourth-order valence-electron chi connectivity index (χ4n) is 0.835. The van der Waals surface area contributed by atoms with E-state index in [4.69, 9.17) is 0 Å². The van der Waals surface area contributed by atoms with Crippen LogP contribution in [-0.2, 0) is 0 Å². The molecule has 1 fully saturated rings. The number of H-pyrrole nitrogens is 1. The van der Waals surface area contributed by atoms with Gasteiger partial charge in [-0.1, -0.05) is 5.92 Å². The van der Waals surface area contributed by atoms with Gasteiger partial charge in [0.1, 0.15) is 5.60 Å². The van der Waals surface area contributed by atoms with E-state index in [-0.39, 0.29) is 0 Å². The molecule has 2 rings (SSSR count). The van der Waals surface area contributed by atoms with Crippen molar-refractivity contribution >= 4 is 0 Å². The van der Waals surface area contributed by atoms with Gasteiger partial charge in [-0.25, -0.2) is 0 Å². The van der Waals surface area contributed by atoms with Crippen LogP contribution in [0, 0.1) is 11.8 Å². The molecule has 1 aliphatic carbocycles. The summed E-state index contributed by atoms with van der Waals surface area (Å²) in [6.45, 7) is 0. The van der Waals surface area contributed by atoms with E-state index in [0.717, 1.165) is 18.5 Å². The Morgan fingerprint density at radius 2 is 2.36 bits per heavy atom. The van der Waals surface area contributed by atoms with E-state index in [2.05, 4.69) is 16.8 Å². The fourth-order valence-corrected chi connectivity index (χ4v) is 0.835. The second kappa shape index (κ2) is 2.14. The van der Waals surface area contributed by atoms with Gasteiger partial charge in [0.2, 0.25) is 0 Å². The Morgan fingerprint density at radius 3 is 2.91 bits per heavy atom. The highest BCUT2D eigenvalue weighted by atomic mass is 16.3. The van der Waals surface area contributed by atoms with Crippen molar-refractivity contribution < 1.29 is 5.11 Å². The molecular formula is C9H9NO. The first-order valence-corrected chi connectivity index (χ1v) is 3.67. The molecule has 0 aliphatic heterocycles. The maximum atomic E-state index is 9.34. The van der Waals surface area contributed by atoms with Crippen molar-refractivity contribution in [2.45, 2.75) is 18.4 Å². The molecule has 1 saturated carbocycles. The summed E-state index contributed by atoms with van der Waals surface area (Å²) >= 11 is 0. The van der Waals surface area contributed by atoms with E-state index >= 15 is 0 Å². The summed E-state index contributed by atoms with van der Waals surface area (Å²) in [5.74, 6) is 5.68. The van der Waals surface area contributed by atoms with Crippen LogP contribution in [0.25, 0.3) is 0 Å². The molecule has 1 aliphatic rings. The minimum Gasteiger partial charge on any atom is -0.378 e. The molecule has 0 aromatic carbocycles. The summed E-state index contributed by atoms with van der Waals surface area (Å²) in [4.78, 5) is 2.95. The van der Waals surface area contributed by atoms with Gasteiger partial charge in [-0.05, 0) is 30.9 Å². The molecule has 0 spiro atoms. The topological polar surface area (TPSA) is 36.0 Å². The molecule has 2 N–H and O–H groups in total. The smallest absolute Gasteiger partial charge is 0.126 e. The average molecular weight is 147 g/mol. The van der Waals surface area contributed by atoms with Crippen LogP contribution in [0.15, 0.2) is 18.3 Å². The number of aromatic amines is 1. The maximum absolute atomic E-state index is 9.34. The molecule has 56 valence electrons. The molecule has 2 nitrogen and oxygen atoms in total. The number of rotatable bonds is 0. The second-order valence-corrected chi connectivity index (χ2v) is 2.87. The summed E-state index contributed by atoms with van der Waals surface area (Å²) in [6.07, 6.45) is 3.46. The van der Waals surface area contributed by atoms with Crippen LogP contribution in [0.3, 0.4) is 0 Å². The Labute approximate surface area is 65.3 Å². The fraction of sp³-hybridized carbons (Fsp3) is 0.333. The first kappa shape index (κ1) is 6.51. The molecule has 2 heteroatoms. The molecule has 0 saturated heterocycles. The van der Waals surface area contributed by atoms with E-state index in [1.807, 2.05) is 18.3 Å². The molecule has 0 radical (unpaired) electrons. The molecule has 1 heterocycles. The van der Waals surface area contributed by atoms with Gasteiger partial charge in [0.05, 0.1) is 5.69 Å². The zero-order valence-corrected chi connectivity index (χ0v) is 6.09. The maximum Gasteiger partial charge on any atom is 0.126 e. The van der Waals surface area contributed by atoms with E-state index < -0.39 is 5.60 Å². The van der Waals surface area contributed by atoms with Crippen molar-refractivity contribution in [1.82, 2.24) is 4.98 Å². The highest BCUT2D eigenvalue weighted by molar-refractivity contribution is 5.33.